The largest absolute Gasteiger partial charge is 0.508 e. The molecule has 7 N–H and O–H groups in total. The molecule has 2 aromatic carbocycles. The Morgan fingerprint density at radius 3 is 2.28 bits per heavy atom. The summed E-state index contributed by atoms with van der Waals surface area (Å²) in [6, 6.07) is 5.51. The first-order valence-electron chi connectivity index (χ1n) is 9.50. The van der Waals surface area contributed by atoms with Gasteiger partial charge in [0.05, 0.1) is 6.10 Å². The molecule has 170 valence electrons. The molecule has 1 aromatic heterocycles. The van der Waals surface area contributed by atoms with E-state index in [4.69, 9.17) is 13.9 Å². The molecule has 1 saturated heterocycles. The van der Waals surface area contributed by atoms with Crippen LogP contribution in [0.1, 0.15) is 6.92 Å². The highest BCUT2D eigenvalue weighted by Gasteiger charge is 2.44. The van der Waals surface area contributed by atoms with Crippen LogP contribution in [0.3, 0.4) is 0 Å². The van der Waals surface area contributed by atoms with Gasteiger partial charge in [-0.1, -0.05) is 0 Å². The molecule has 11 heteroatoms. The van der Waals surface area contributed by atoms with Crippen molar-refractivity contribution in [1.29, 1.82) is 0 Å². The van der Waals surface area contributed by atoms with Gasteiger partial charge in [-0.15, -0.1) is 0 Å². The van der Waals surface area contributed by atoms with Gasteiger partial charge < -0.3 is 49.6 Å². The lowest BCUT2D eigenvalue weighted by Gasteiger charge is -2.38. The third-order valence-corrected chi connectivity index (χ3v) is 5.20. The molecule has 2 heterocycles. The zero-order valence-corrected chi connectivity index (χ0v) is 16.5. The van der Waals surface area contributed by atoms with Gasteiger partial charge in [0, 0.05) is 17.7 Å². The summed E-state index contributed by atoms with van der Waals surface area (Å²) in [5.74, 6) is -2.80. The van der Waals surface area contributed by atoms with E-state index in [0.29, 0.717) is 0 Å². The molecule has 3 aromatic rings. The van der Waals surface area contributed by atoms with E-state index < -0.39 is 59.1 Å². The quantitative estimate of drug-likeness (QED) is 0.276. The molecular formula is C21H20O11. The maximum atomic E-state index is 13.2. The van der Waals surface area contributed by atoms with Crippen LogP contribution < -0.4 is 10.2 Å². The summed E-state index contributed by atoms with van der Waals surface area (Å²) in [5, 5.41) is 69.2. The molecule has 0 saturated carbocycles. The van der Waals surface area contributed by atoms with Gasteiger partial charge in [0.1, 0.15) is 40.8 Å². The molecular weight excluding hydrogens is 428 g/mol. The number of phenolic OH excluding ortho intramolecular Hbond substituents is 4. The Kier molecular flexibility index (Phi) is 5.34. The summed E-state index contributed by atoms with van der Waals surface area (Å²) in [7, 11) is 0. The summed E-state index contributed by atoms with van der Waals surface area (Å²) in [4.78, 5) is 13.2. The maximum absolute atomic E-state index is 13.2. The number of aromatic hydroxyl groups is 4. The fraction of sp³-hybridized carbons (Fsp3) is 0.286. The minimum Gasteiger partial charge on any atom is -0.508 e. The standard InChI is InChI=1S/C21H20O11/c1-7-15(26)17(28)18(29)21(30-7)32-20-16(27)14-12(25)5-9(22)6-13(14)31-19(20)8-2-3-10(23)11(24)4-8/h2-7,15,17-18,21-26,28-29H,1H3/t7-,15+,17+,18-,21-/m0/s1. The van der Waals surface area contributed by atoms with Crippen LogP contribution in [0.4, 0.5) is 0 Å². The average Bonchev–Trinajstić information content (AvgIpc) is 2.73. The molecule has 0 spiro atoms. The van der Waals surface area contributed by atoms with Gasteiger partial charge in [0.15, 0.2) is 17.3 Å². The summed E-state index contributed by atoms with van der Waals surface area (Å²) in [6.45, 7) is 1.42. The summed E-state index contributed by atoms with van der Waals surface area (Å²) < 4.78 is 16.6. The Morgan fingerprint density at radius 1 is 0.875 bits per heavy atom. The third-order valence-electron chi connectivity index (χ3n) is 5.20. The number of ether oxygens (including phenoxy) is 2. The van der Waals surface area contributed by atoms with E-state index in [1.807, 2.05) is 0 Å². The van der Waals surface area contributed by atoms with Gasteiger partial charge in [-0.25, -0.2) is 0 Å². The molecule has 0 aliphatic carbocycles. The maximum Gasteiger partial charge on any atom is 0.239 e. The minimum absolute atomic E-state index is 0.0658. The first kappa shape index (κ1) is 21.7. The van der Waals surface area contributed by atoms with E-state index in [9.17, 15) is 40.5 Å². The molecule has 0 unspecified atom stereocenters. The van der Waals surface area contributed by atoms with E-state index in [1.54, 1.807) is 0 Å². The fourth-order valence-electron chi connectivity index (χ4n) is 3.46. The van der Waals surface area contributed by atoms with Crippen molar-refractivity contribution in [2.24, 2.45) is 0 Å². The highest BCUT2D eigenvalue weighted by atomic mass is 16.7. The molecule has 32 heavy (non-hydrogen) atoms. The number of hydrogen-bond acceptors (Lipinski definition) is 11. The second-order valence-corrected chi connectivity index (χ2v) is 7.43. The predicted octanol–water partition coefficient (Wildman–Crippen LogP) is 0.489. The Hall–Kier alpha value is -3.51. The van der Waals surface area contributed by atoms with E-state index in [0.717, 1.165) is 24.3 Å². The van der Waals surface area contributed by atoms with Crippen LogP contribution in [0.2, 0.25) is 0 Å². The van der Waals surface area contributed by atoms with Crippen LogP contribution in [-0.2, 0) is 4.74 Å². The second-order valence-electron chi connectivity index (χ2n) is 7.43. The number of benzene rings is 2. The van der Waals surface area contributed by atoms with Crippen LogP contribution in [0.25, 0.3) is 22.3 Å². The van der Waals surface area contributed by atoms with Crippen molar-refractivity contribution in [2.75, 3.05) is 0 Å². The van der Waals surface area contributed by atoms with E-state index in [-0.39, 0.29) is 28.0 Å². The van der Waals surface area contributed by atoms with Crippen molar-refractivity contribution in [2.45, 2.75) is 37.6 Å². The van der Waals surface area contributed by atoms with Crippen molar-refractivity contribution in [1.82, 2.24) is 0 Å². The first-order valence-corrected chi connectivity index (χ1v) is 9.50. The normalized spacial score (nSPS) is 25.7. The van der Waals surface area contributed by atoms with Crippen molar-refractivity contribution >= 4 is 11.0 Å². The van der Waals surface area contributed by atoms with Crippen molar-refractivity contribution < 1.29 is 49.6 Å². The van der Waals surface area contributed by atoms with Gasteiger partial charge in [0.2, 0.25) is 17.5 Å². The molecule has 0 bridgehead atoms. The Bertz CT molecular complexity index is 1230. The molecule has 4 rings (SSSR count). The van der Waals surface area contributed by atoms with Gasteiger partial charge >= 0.3 is 0 Å². The molecule has 11 nitrogen and oxygen atoms in total. The number of aliphatic hydroxyl groups excluding tert-OH is 3. The Labute approximate surface area is 179 Å². The van der Waals surface area contributed by atoms with Crippen LogP contribution >= 0.6 is 0 Å². The summed E-state index contributed by atoms with van der Waals surface area (Å²) in [6.07, 6.45) is -7.35. The lowest BCUT2D eigenvalue weighted by Crippen LogP contribution is -2.58. The lowest BCUT2D eigenvalue weighted by molar-refractivity contribution is -0.268. The number of fused-ring (bicyclic) bond motifs is 1. The predicted molar refractivity (Wildman–Crippen MR) is 108 cm³/mol. The van der Waals surface area contributed by atoms with Crippen molar-refractivity contribution in [3.63, 3.8) is 0 Å². The van der Waals surface area contributed by atoms with Gasteiger partial charge in [-0.05, 0) is 25.1 Å². The van der Waals surface area contributed by atoms with Gasteiger partial charge in [-0.2, -0.15) is 0 Å². The molecule has 1 aliphatic heterocycles. The zero-order chi connectivity index (χ0) is 23.3. The number of phenols is 4. The lowest BCUT2D eigenvalue weighted by atomic mass is 10.00. The highest BCUT2D eigenvalue weighted by Crippen LogP contribution is 2.39. The van der Waals surface area contributed by atoms with Crippen molar-refractivity contribution in [3.05, 3.63) is 40.6 Å². The van der Waals surface area contributed by atoms with Gasteiger partial charge in [0.25, 0.3) is 0 Å². The smallest absolute Gasteiger partial charge is 0.239 e. The molecule has 0 amide bonds. The van der Waals surface area contributed by atoms with Crippen LogP contribution in [-0.4, -0.2) is 66.5 Å². The monoisotopic (exact) mass is 448 g/mol. The van der Waals surface area contributed by atoms with Crippen molar-refractivity contribution in [3.8, 4) is 40.1 Å². The van der Waals surface area contributed by atoms with E-state index >= 15 is 0 Å². The molecule has 1 fully saturated rings. The van der Waals surface area contributed by atoms with Crippen LogP contribution in [0.15, 0.2) is 39.5 Å². The third kappa shape index (κ3) is 3.56. The molecule has 0 radical (unpaired) electrons. The fourth-order valence-corrected chi connectivity index (χ4v) is 3.46. The van der Waals surface area contributed by atoms with E-state index in [1.165, 1.54) is 13.0 Å². The number of rotatable bonds is 3. The summed E-state index contributed by atoms with van der Waals surface area (Å²) in [5.41, 5.74) is -1.05. The molecule has 5 atom stereocenters. The molecule has 1 aliphatic rings. The SMILES string of the molecule is C[C@@H]1O[C@@H](Oc2c(-c3ccc(O)c(O)c3)oc3cc(O)cc(O)c3c2=O)[C@@H](O)[C@H](O)[C@@H]1O. The van der Waals surface area contributed by atoms with Crippen LogP contribution in [0.5, 0.6) is 28.7 Å². The van der Waals surface area contributed by atoms with Gasteiger partial charge in [-0.3, -0.25) is 4.79 Å². The zero-order valence-electron chi connectivity index (χ0n) is 16.5. The summed E-state index contributed by atoms with van der Waals surface area (Å²) >= 11 is 0. The second kappa shape index (κ2) is 7.88. The number of hydrogen-bond donors (Lipinski definition) is 7. The van der Waals surface area contributed by atoms with E-state index in [2.05, 4.69) is 0 Å². The highest BCUT2D eigenvalue weighted by molar-refractivity contribution is 5.88. The Balaban J connectivity index is 1.92. The first-order chi connectivity index (χ1) is 15.1. The average molecular weight is 448 g/mol. The number of aliphatic hydroxyl groups is 3. The Morgan fingerprint density at radius 2 is 1.59 bits per heavy atom. The topological polar surface area (TPSA) is 190 Å². The minimum atomic E-state index is -1.74. The van der Waals surface area contributed by atoms with Crippen LogP contribution in [0, 0.1) is 0 Å².